The third-order valence-corrected chi connectivity index (χ3v) is 8.81. The van der Waals surface area contributed by atoms with Gasteiger partial charge in [0.2, 0.25) is 0 Å². The van der Waals surface area contributed by atoms with Crippen LogP contribution in [0.5, 0.6) is 0 Å². The fourth-order valence-corrected chi connectivity index (χ4v) is 5.38. The molecule has 22 heavy (non-hydrogen) atoms. The van der Waals surface area contributed by atoms with Crippen molar-refractivity contribution in [3.05, 3.63) is 35.9 Å². The molecule has 0 aliphatic carbocycles. The van der Waals surface area contributed by atoms with Crippen LogP contribution >= 0.6 is 0 Å². The summed E-state index contributed by atoms with van der Waals surface area (Å²) in [7, 11) is -2.17. The number of benzene rings is 1. The average Bonchev–Trinajstić information content (AvgIpc) is 2.58. The predicted molar refractivity (Wildman–Crippen MR) is 88.6 cm³/mol. The SMILES string of the molecule is CCOC(=O)[C@](C#N)(O[Si](CC)(CC)CC)c1ccccc1. The molecule has 0 aromatic heterocycles. The van der Waals surface area contributed by atoms with Gasteiger partial charge in [-0.2, -0.15) is 5.26 Å². The maximum absolute atomic E-state index is 12.6. The van der Waals surface area contributed by atoms with E-state index in [2.05, 4.69) is 26.8 Å². The predicted octanol–water partition coefficient (Wildman–Crippen LogP) is 3.99. The largest absolute Gasteiger partial charge is 0.463 e. The molecule has 0 aliphatic heterocycles. The lowest BCUT2D eigenvalue weighted by atomic mass is 9.96. The quantitative estimate of drug-likeness (QED) is 0.537. The highest BCUT2D eigenvalue weighted by Gasteiger charge is 2.49. The highest BCUT2D eigenvalue weighted by molar-refractivity contribution is 6.73. The normalized spacial score (nSPS) is 14.0. The molecule has 0 amide bonds. The smallest absolute Gasteiger partial charge is 0.357 e. The molecule has 1 rings (SSSR count). The molecule has 1 atom stereocenters. The van der Waals surface area contributed by atoms with Crippen LogP contribution in [0.4, 0.5) is 0 Å². The standard InChI is InChI=1S/C17H25NO3Si/c1-5-20-16(19)17(14-18,15-12-10-9-11-13-15)21-22(6-2,7-3)8-4/h9-13H,5-8H2,1-4H3/t17-/m1/s1. The van der Waals surface area contributed by atoms with Crippen molar-refractivity contribution in [1.82, 2.24) is 0 Å². The van der Waals surface area contributed by atoms with Gasteiger partial charge in [0.15, 0.2) is 8.32 Å². The van der Waals surface area contributed by atoms with E-state index in [9.17, 15) is 10.1 Å². The Labute approximate surface area is 134 Å². The topological polar surface area (TPSA) is 59.3 Å². The van der Waals surface area contributed by atoms with Crippen molar-refractivity contribution in [2.24, 2.45) is 0 Å². The zero-order valence-electron chi connectivity index (χ0n) is 13.9. The van der Waals surface area contributed by atoms with Crippen molar-refractivity contribution in [3.8, 4) is 6.07 Å². The van der Waals surface area contributed by atoms with Gasteiger partial charge in [0.25, 0.3) is 5.60 Å². The van der Waals surface area contributed by atoms with Crippen molar-refractivity contribution in [3.63, 3.8) is 0 Å². The fourth-order valence-electron chi connectivity index (χ4n) is 2.55. The first-order valence-corrected chi connectivity index (χ1v) is 10.4. The first kappa shape index (κ1) is 18.4. The number of ether oxygens (including phenoxy) is 1. The molecule has 4 nitrogen and oxygen atoms in total. The Morgan fingerprint density at radius 3 is 2.09 bits per heavy atom. The molecule has 0 saturated carbocycles. The summed E-state index contributed by atoms with van der Waals surface area (Å²) in [6, 6.07) is 13.6. The summed E-state index contributed by atoms with van der Waals surface area (Å²) in [5.74, 6) is -0.615. The molecule has 0 unspecified atom stereocenters. The molecular weight excluding hydrogens is 294 g/mol. The lowest BCUT2D eigenvalue weighted by Gasteiger charge is -2.36. The van der Waals surface area contributed by atoms with Gasteiger partial charge in [0, 0.05) is 5.56 Å². The Bertz CT molecular complexity index is 514. The van der Waals surface area contributed by atoms with Gasteiger partial charge in [-0.15, -0.1) is 0 Å². The van der Waals surface area contributed by atoms with Crippen molar-refractivity contribution < 1.29 is 14.0 Å². The van der Waals surface area contributed by atoms with E-state index < -0.39 is 19.9 Å². The van der Waals surface area contributed by atoms with E-state index in [-0.39, 0.29) is 6.61 Å². The van der Waals surface area contributed by atoms with Crippen LogP contribution in [0.3, 0.4) is 0 Å². The van der Waals surface area contributed by atoms with Gasteiger partial charge in [0.05, 0.1) is 6.61 Å². The summed E-state index contributed by atoms with van der Waals surface area (Å²) < 4.78 is 11.5. The van der Waals surface area contributed by atoms with Crippen LogP contribution < -0.4 is 0 Å². The Balaban J connectivity index is 3.39. The molecule has 0 aliphatic rings. The molecule has 0 spiro atoms. The molecule has 1 aromatic rings. The van der Waals surface area contributed by atoms with E-state index in [1.54, 1.807) is 31.2 Å². The third kappa shape index (κ3) is 3.57. The first-order chi connectivity index (χ1) is 10.5. The summed E-state index contributed by atoms with van der Waals surface area (Å²) in [6.45, 7) is 8.15. The first-order valence-electron chi connectivity index (χ1n) is 7.88. The second-order valence-electron chi connectivity index (χ2n) is 5.23. The molecular formula is C17H25NO3Si. The second kappa shape index (κ2) is 8.11. The summed E-state index contributed by atoms with van der Waals surface area (Å²) in [6.07, 6.45) is 0. The van der Waals surface area contributed by atoms with E-state index in [0.717, 1.165) is 18.1 Å². The maximum Gasteiger partial charge on any atom is 0.357 e. The minimum absolute atomic E-state index is 0.220. The lowest BCUT2D eigenvalue weighted by molar-refractivity contribution is -0.158. The van der Waals surface area contributed by atoms with Crippen molar-refractivity contribution in [2.75, 3.05) is 6.61 Å². The second-order valence-corrected chi connectivity index (χ2v) is 9.92. The molecule has 120 valence electrons. The Hall–Kier alpha value is -1.64. The van der Waals surface area contributed by atoms with E-state index in [1.807, 2.05) is 6.07 Å². The summed E-state index contributed by atoms with van der Waals surface area (Å²) in [5.41, 5.74) is -1.12. The van der Waals surface area contributed by atoms with Crippen LogP contribution in [-0.2, 0) is 19.6 Å². The summed E-state index contributed by atoms with van der Waals surface area (Å²) in [4.78, 5) is 12.6. The minimum Gasteiger partial charge on any atom is -0.463 e. The van der Waals surface area contributed by atoms with Crippen LogP contribution in [0.2, 0.25) is 18.1 Å². The van der Waals surface area contributed by atoms with Crippen LogP contribution in [-0.4, -0.2) is 20.9 Å². The number of nitriles is 1. The molecule has 0 radical (unpaired) electrons. The van der Waals surface area contributed by atoms with Crippen LogP contribution in [0.1, 0.15) is 33.3 Å². The van der Waals surface area contributed by atoms with Gasteiger partial charge in [-0.25, -0.2) is 4.79 Å². The third-order valence-electron chi connectivity index (χ3n) is 4.20. The van der Waals surface area contributed by atoms with Gasteiger partial charge in [0.1, 0.15) is 6.07 Å². The van der Waals surface area contributed by atoms with Crippen LogP contribution in [0, 0.1) is 11.3 Å². The van der Waals surface area contributed by atoms with Gasteiger partial charge < -0.3 is 9.16 Å². The van der Waals surface area contributed by atoms with Gasteiger partial charge >= 0.3 is 5.97 Å². The molecule has 0 bridgehead atoms. The molecule has 5 heteroatoms. The van der Waals surface area contributed by atoms with E-state index in [1.165, 1.54) is 0 Å². The molecule has 0 N–H and O–H groups in total. The van der Waals surface area contributed by atoms with Gasteiger partial charge in [-0.3, -0.25) is 0 Å². The van der Waals surface area contributed by atoms with Crippen molar-refractivity contribution in [1.29, 1.82) is 5.26 Å². The van der Waals surface area contributed by atoms with Crippen molar-refractivity contribution in [2.45, 2.75) is 51.4 Å². The Kier molecular flexibility index (Phi) is 6.79. The van der Waals surface area contributed by atoms with E-state index in [0.29, 0.717) is 5.56 Å². The molecule has 0 heterocycles. The number of carbonyl (C=O) groups is 1. The molecule has 1 aromatic carbocycles. The van der Waals surface area contributed by atoms with Crippen LogP contribution in [0.25, 0.3) is 0 Å². The monoisotopic (exact) mass is 319 g/mol. The maximum atomic E-state index is 12.6. The fraction of sp³-hybridized carbons (Fsp3) is 0.529. The number of rotatable bonds is 8. The number of nitrogens with zero attached hydrogens (tertiary/aromatic N) is 1. The highest BCUT2D eigenvalue weighted by Crippen LogP contribution is 2.35. The number of hydrogen-bond acceptors (Lipinski definition) is 4. The zero-order valence-corrected chi connectivity index (χ0v) is 14.9. The number of hydrogen-bond donors (Lipinski definition) is 0. The van der Waals surface area contributed by atoms with Gasteiger partial charge in [-0.05, 0) is 25.1 Å². The molecule has 0 fully saturated rings. The Morgan fingerprint density at radius 2 is 1.68 bits per heavy atom. The van der Waals surface area contributed by atoms with E-state index in [4.69, 9.17) is 9.16 Å². The van der Waals surface area contributed by atoms with Gasteiger partial charge in [-0.1, -0.05) is 51.1 Å². The molecule has 0 saturated heterocycles. The summed E-state index contributed by atoms with van der Waals surface area (Å²) in [5, 5.41) is 9.82. The Morgan fingerprint density at radius 1 is 1.14 bits per heavy atom. The summed E-state index contributed by atoms with van der Waals surface area (Å²) >= 11 is 0. The lowest BCUT2D eigenvalue weighted by Crippen LogP contribution is -2.50. The number of esters is 1. The zero-order chi connectivity index (χ0) is 16.6. The van der Waals surface area contributed by atoms with Crippen LogP contribution in [0.15, 0.2) is 30.3 Å². The van der Waals surface area contributed by atoms with E-state index >= 15 is 0 Å². The number of carbonyl (C=O) groups excluding carboxylic acids is 1. The average molecular weight is 319 g/mol. The minimum atomic E-state index is -2.17. The van der Waals surface area contributed by atoms with Crippen molar-refractivity contribution >= 4 is 14.3 Å². The highest BCUT2D eigenvalue weighted by atomic mass is 28.4.